The monoisotopic (exact) mass is 408 g/mol. The van der Waals surface area contributed by atoms with Crippen molar-refractivity contribution < 1.29 is 39.6 Å². The van der Waals surface area contributed by atoms with Crippen molar-refractivity contribution in [1.29, 1.82) is 0 Å². The molecule has 0 amide bonds. The summed E-state index contributed by atoms with van der Waals surface area (Å²) in [6, 6.07) is 16.1. The normalized spacial score (nSPS) is 16.3. The molecule has 3 rings (SSSR count). The molecule has 1 aliphatic carbocycles. The van der Waals surface area contributed by atoms with Crippen LogP contribution in [0.2, 0.25) is 0 Å². The third-order valence-electron chi connectivity index (χ3n) is 5.18. The molecule has 8 nitrogen and oxygen atoms in total. The molecule has 152 valence electrons. The van der Waals surface area contributed by atoms with Gasteiger partial charge in [-0.2, -0.15) is 0 Å². The quantitative estimate of drug-likeness (QED) is 0.533. The van der Waals surface area contributed by atoms with Gasteiger partial charge in [0.2, 0.25) is 10.8 Å². The number of carboxylic acids is 4. The van der Waals surface area contributed by atoms with Gasteiger partial charge in [0.15, 0.2) is 0 Å². The predicted octanol–water partition coefficient (Wildman–Crippen LogP) is 2.62. The lowest BCUT2D eigenvalue weighted by Crippen LogP contribution is -2.60. The molecule has 0 unspecified atom stereocenters. The van der Waals surface area contributed by atoms with E-state index in [1.807, 2.05) is 30.3 Å². The maximum atomic E-state index is 12.0. The second kappa shape index (κ2) is 7.32. The molecule has 30 heavy (non-hydrogen) atoms. The Kier molecular flexibility index (Phi) is 5.01. The summed E-state index contributed by atoms with van der Waals surface area (Å²) in [7, 11) is 0. The van der Waals surface area contributed by atoms with Gasteiger partial charge >= 0.3 is 23.9 Å². The smallest absolute Gasteiger partial charge is 0.327 e. The van der Waals surface area contributed by atoms with Crippen LogP contribution in [0.4, 0.5) is 0 Å². The fourth-order valence-corrected chi connectivity index (χ4v) is 3.53. The first-order valence-corrected chi connectivity index (χ1v) is 8.68. The predicted molar refractivity (Wildman–Crippen MR) is 104 cm³/mol. The van der Waals surface area contributed by atoms with E-state index in [1.165, 1.54) is 0 Å². The van der Waals surface area contributed by atoms with Crippen LogP contribution in [0.3, 0.4) is 0 Å². The van der Waals surface area contributed by atoms with Gasteiger partial charge in [0.05, 0.1) is 0 Å². The van der Waals surface area contributed by atoms with Crippen LogP contribution in [0.15, 0.2) is 72.8 Å². The van der Waals surface area contributed by atoms with E-state index in [9.17, 15) is 39.6 Å². The molecule has 0 fully saturated rings. The van der Waals surface area contributed by atoms with Gasteiger partial charge in [0.25, 0.3) is 0 Å². The number of benzene rings is 2. The Hall–Kier alpha value is -4.20. The van der Waals surface area contributed by atoms with E-state index in [-0.39, 0.29) is 5.57 Å². The van der Waals surface area contributed by atoms with Crippen LogP contribution in [-0.2, 0) is 19.2 Å². The van der Waals surface area contributed by atoms with Gasteiger partial charge < -0.3 is 20.4 Å². The Morgan fingerprint density at radius 3 is 1.47 bits per heavy atom. The average Bonchev–Trinajstić information content (AvgIpc) is 2.73. The first kappa shape index (κ1) is 20.5. The number of carboxylic acid groups (broad SMARTS) is 4. The average molecular weight is 408 g/mol. The van der Waals surface area contributed by atoms with Crippen molar-refractivity contribution in [2.45, 2.75) is 0 Å². The van der Waals surface area contributed by atoms with Gasteiger partial charge in [0, 0.05) is 0 Å². The molecule has 0 aromatic heterocycles. The zero-order valence-electron chi connectivity index (χ0n) is 15.4. The number of aliphatic carboxylic acids is 4. The van der Waals surface area contributed by atoms with Crippen LogP contribution >= 0.6 is 0 Å². The van der Waals surface area contributed by atoms with Crippen molar-refractivity contribution in [2.75, 3.05) is 0 Å². The second-order valence-electron chi connectivity index (χ2n) is 6.71. The summed E-state index contributed by atoms with van der Waals surface area (Å²) in [6.07, 6.45) is 2.40. The minimum absolute atomic E-state index is 0.0811. The minimum Gasteiger partial charge on any atom is -0.480 e. The Morgan fingerprint density at radius 2 is 1.00 bits per heavy atom. The van der Waals surface area contributed by atoms with E-state index in [1.54, 1.807) is 24.3 Å². The van der Waals surface area contributed by atoms with Crippen molar-refractivity contribution in [3.05, 3.63) is 78.4 Å². The largest absolute Gasteiger partial charge is 0.480 e. The lowest BCUT2D eigenvalue weighted by atomic mass is 9.59. The molecular formula is C22H16O8. The van der Waals surface area contributed by atoms with Crippen molar-refractivity contribution in [3.8, 4) is 11.1 Å². The molecule has 0 spiro atoms. The molecular weight excluding hydrogens is 392 g/mol. The van der Waals surface area contributed by atoms with Crippen molar-refractivity contribution in [2.24, 2.45) is 10.8 Å². The summed E-state index contributed by atoms with van der Waals surface area (Å²) in [4.78, 5) is 47.5. The number of allylic oxidation sites excluding steroid dienone is 2. The first-order chi connectivity index (χ1) is 14.2. The highest BCUT2D eigenvalue weighted by Crippen LogP contribution is 2.49. The molecule has 0 saturated heterocycles. The third kappa shape index (κ3) is 2.86. The summed E-state index contributed by atoms with van der Waals surface area (Å²) < 4.78 is 0. The highest BCUT2D eigenvalue weighted by Gasteiger charge is 2.70. The second-order valence-corrected chi connectivity index (χ2v) is 6.71. The Labute approximate surface area is 170 Å². The molecule has 0 saturated carbocycles. The van der Waals surface area contributed by atoms with E-state index in [4.69, 9.17) is 0 Å². The van der Waals surface area contributed by atoms with Gasteiger partial charge in [-0.3, -0.25) is 19.2 Å². The van der Waals surface area contributed by atoms with Crippen LogP contribution in [0.5, 0.6) is 0 Å². The highest BCUT2D eigenvalue weighted by atomic mass is 16.4. The SMILES string of the molecule is O=C(O)C1(C(=O)O)C=CC(c2ccc(-c3ccccc3)cc2)=CC1(C(=O)O)C(=O)O. The molecule has 4 N–H and O–H groups in total. The van der Waals surface area contributed by atoms with Crippen LogP contribution in [0.1, 0.15) is 5.56 Å². The summed E-state index contributed by atoms with van der Waals surface area (Å²) in [5, 5.41) is 38.4. The van der Waals surface area contributed by atoms with Gasteiger partial charge in [-0.25, -0.2) is 0 Å². The van der Waals surface area contributed by atoms with Crippen LogP contribution in [0.25, 0.3) is 16.7 Å². The van der Waals surface area contributed by atoms with Crippen LogP contribution in [0, 0.1) is 10.8 Å². The zero-order valence-corrected chi connectivity index (χ0v) is 15.4. The number of rotatable bonds is 6. The third-order valence-corrected chi connectivity index (χ3v) is 5.18. The lowest BCUT2D eigenvalue weighted by molar-refractivity contribution is -0.185. The van der Waals surface area contributed by atoms with Crippen LogP contribution in [-0.4, -0.2) is 44.3 Å². The molecule has 0 aliphatic heterocycles. The number of carbonyl (C=O) groups is 4. The number of hydrogen-bond acceptors (Lipinski definition) is 4. The molecule has 2 aromatic rings. The fourth-order valence-electron chi connectivity index (χ4n) is 3.53. The Balaban J connectivity index is 2.16. The van der Waals surface area contributed by atoms with E-state index < -0.39 is 34.7 Å². The van der Waals surface area contributed by atoms with Gasteiger partial charge in [-0.1, -0.05) is 66.7 Å². The summed E-state index contributed by atoms with van der Waals surface area (Å²) in [5.74, 6) is -8.37. The molecule has 2 aromatic carbocycles. The van der Waals surface area contributed by atoms with Crippen molar-refractivity contribution in [1.82, 2.24) is 0 Å². The first-order valence-electron chi connectivity index (χ1n) is 8.68. The van der Waals surface area contributed by atoms with Crippen molar-refractivity contribution in [3.63, 3.8) is 0 Å². The molecule has 0 atom stereocenters. The zero-order chi connectivity index (χ0) is 22.1. The summed E-state index contributed by atoms with van der Waals surface area (Å²) in [6.45, 7) is 0. The topological polar surface area (TPSA) is 149 Å². The van der Waals surface area contributed by atoms with E-state index in [0.717, 1.165) is 17.2 Å². The fraction of sp³-hybridized carbons (Fsp3) is 0.0909. The summed E-state index contributed by atoms with van der Waals surface area (Å²) >= 11 is 0. The van der Waals surface area contributed by atoms with E-state index >= 15 is 0 Å². The maximum Gasteiger partial charge on any atom is 0.327 e. The molecule has 8 heteroatoms. The standard InChI is InChI=1S/C22H16O8/c23-17(24)21(18(25)26)11-10-16(12-22(21,19(27)28)20(29)30)15-8-6-14(7-9-15)13-4-2-1-3-5-13/h1-12H,(H,23,24)(H,25,26)(H,27,28)(H,29,30). The van der Waals surface area contributed by atoms with Gasteiger partial charge in [-0.15, -0.1) is 0 Å². The minimum atomic E-state index is -3.24. The lowest BCUT2D eigenvalue weighted by Gasteiger charge is -2.37. The van der Waals surface area contributed by atoms with E-state index in [0.29, 0.717) is 17.7 Å². The molecule has 1 aliphatic rings. The van der Waals surface area contributed by atoms with Crippen LogP contribution < -0.4 is 0 Å². The number of hydrogen-bond donors (Lipinski definition) is 4. The molecule has 0 radical (unpaired) electrons. The van der Waals surface area contributed by atoms with Gasteiger partial charge in [0.1, 0.15) is 0 Å². The Bertz CT molecular complexity index is 1070. The highest BCUT2D eigenvalue weighted by molar-refractivity contribution is 6.17. The Morgan fingerprint density at radius 1 is 0.567 bits per heavy atom. The summed E-state index contributed by atoms with van der Waals surface area (Å²) in [5.41, 5.74) is -4.18. The maximum absolute atomic E-state index is 12.0. The molecule has 0 bridgehead atoms. The van der Waals surface area contributed by atoms with Crippen molar-refractivity contribution >= 4 is 29.5 Å². The molecule has 0 heterocycles. The van der Waals surface area contributed by atoms with E-state index in [2.05, 4.69) is 0 Å². The van der Waals surface area contributed by atoms with Gasteiger partial charge in [-0.05, 0) is 28.3 Å².